The maximum Gasteiger partial charge on any atom is 0.417 e. The van der Waals surface area contributed by atoms with Crippen LogP contribution in [0.5, 0.6) is 0 Å². The number of nitrogens with zero attached hydrogens (tertiary/aromatic N) is 1. The maximum atomic E-state index is 12.9. The molecule has 0 aromatic heterocycles. The topological polar surface area (TPSA) is 55.8 Å². The molecular weight excluding hydrogens is 327 g/mol. The minimum atomic E-state index is -4.55. The summed E-state index contributed by atoms with van der Waals surface area (Å²) in [5.74, 6) is -0.699. The summed E-state index contributed by atoms with van der Waals surface area (Å²) < 4.78 is 48.9. The first-order valence-corrected chi connectivity index (χ1v) is 7.22. The monoisotopic (exact) mass is 345 g/mol. The highest BCUT2D eigenvalue weighted by Crippen LogP contribution is 2.39. The average Bonchev–Trinajstić information content (AvgIpc) is 2.69. The predicted octanol–water partition coefficient (Wildman–Crippen LogP) is 3.78. The Morgan fingerprint density at radius 2 is 1.88 bits per heavy atom. The van der Waals surface area contributed by atoms with Crippen LogP contribution in [0.2, 0.25) is 0 Å². The van der Waals surface area contributed by atoms with Crippen molar-refractivity contribution < 1.29 is 32.2 Å². The molecule has 1 aromatic carbocycles. The normalized spacial score (nSPS) is 17.9. The van der Waals surface area contributed by atoms with Gasteiger partial charge in [0.05, 0.1) is 18.2 Å². The van der Waals surface area contributed by atoms with E-state index in [0.29, 0.717) is 0 Å². The minimum Gasteiger partial charge on any atom is -0.443 e. The van der Waals surface area contributed by atoms with Crippen molar-refractivity contribution in [3.63, 3.8) is 0 Å². The van der Waals surface area contributed by atoms with E-state index in [-0.39, 0.29) is 17.7 Å². The smallest absolute Gasteiger partial charge is 0.417 e. The van der Waals surface area contributed by atoms with E-state index < -0.39 is 35.4 Å². The van der Waals surface area contributed by atoms with Gasteiger partial charge in [-0.2, -0.15) is 13.2 Å². The van der Waals surface area contributed by atoms with E-state index >= 15 is 0 Å². The van der Waals surface area contributed by atoms with E-state index in [1.54, 1.807) is 20.8 Å². The first-order valence-electron chi connectivity index (χ1n) is 7.22. The van der Waals surface area contributed by atoms with E-state index in [4.69, 9.17) is 9.47 Å². The van der Waals surface area contributed by atoms with Crippen molar-refractivity contribution in [2.45, 2.75) is 38.6 Å². The van der Waals surface area contributed by atoms with Gasteiger partial charge in [0.2, 0.25) is 0 Å². The van der Waals surface area contributed by atoms with Gasteiger partial charge in [0.1, 0.15) is 5.60 Å². The van der Waals surface area contributed by atoms with Crippen LogP contribution in [-0.4, -0.2) is 36.2 Å². The third kappa shape index (κ3) is 3.53. The Bertz CT molecular complexity index is 664. The molecule has 0 radical (unpaired) electrons. The second-order valence-electron chi connectivity index (χ2n) is 6.43. The number of alkyl halides is 3. The molecule has 1 aromatic rings. The van der Waals surface area contributed by atoms with Crippen LogP contribution in [0, 0.1) is 0 Å². The summed E-state index contributed by atoms with van der Waals surface area (Å²) in [5.41, 5.74) is -1.60. The number of carbonyl (C=O) groups excluding carboxylic acids is 2. The molecule has 1 aliphatic rings. The molecule has 0 saturated carbocycles. The van der Waals surface area contributed by atoms with E-state index in [2.05, 4.69) is 0 Å². The zero-order valence-corrected chi connectivity index (χ0v) is 13.7. The van der Waals surface area contributed by atoms with Crippen molar-refractivity contribution in [3.8, 4) is 0 Å². The van der Waals surface area contributed by atoms with Crippen LogP contribution in [0.4, 0.5) is 18.0 Å². The lowest BCUT2D eigenvalue weighted by Gasteiger charge is -2.27. The molecule has 0 saturated heterocycles. The number of rotatable bonds is 2. The maximum absolute atomic E-state index is 12.9. The van der Waals surface area contributed by atoms with Crippen LogP contribution < -0.4 is 0 Å². The minimum absolute atomic E-state index is 0.0379. The summed E-state index contributed by atoms with van der Waals surface area (Å²) >= 11 is 0. The lowest BCUT2D eigenvalue weighted by molar-refractivity contribution is -0.137. The van der Waals surface area contributed by atoms with Crippen molar-refractivity contribution in [3.05, 3.63) is 34.9 Å². The van der Waals surface area contributed by atoms with Gasteiger partial charge < -0.3 is 9.47 Å². The summed E-state index contributed by atoms with van der Waals surface area (Å²) in [6, 6.07) is 1.81. The van der Waals surface area contributed by atoms with Crippen molar-refractivity contribution >= 4 is 12.0 Å². The second kappa shape index (κ2) is 6.08. The van der Waals surface area contributed by atoms with Gasteiger partial charge in [-0.15, -0.1) is 0 Å². The van der Waals surface area contributed by atoms with Crippen molar-refractivity contribution in [2.75, 3.05) is 13.7 Å². The molecule has 0 N–H and O–H groups in total. The van der Waals surface area contributed by atoms with Gasteiger partial charge in [0, 0.05) is 12.7 Å². The molecule has 1 unspecified atom stereocenters. The Hall–Kier alpha value is -2.09. The SMILES string of the molecule is COCC1c2cc(C(F)(F)F)ccc2C(=O)N1C(=O)OC(C)(C)C. The molecule has 2 amide bonds. The van der Waals surface area contributed by atoms with Gasteiger partial charge in [-0.05, 0) is 44.5 Å². The molecule has 0 fully saturated rings. The van der Waals surface area contributed by atoms with Gasteiger partial charge in [-0.25, -0.2) is 9.69 Å². The van der Waals surface area contributed by atoms with E-state index in [1.165, 1.54) is 7.11 Å². The summed E-state index contributed by atoms with van der Waals surface area (Å²) in [5, 5.41) is 0. The number of imide groups is 1. The van der Waals surface area contributed by atoms with Crippen LogP contribution in [0.3, 0.4) is 0 Å². The molecule has 0 aliphatic carbocycles. The summed E-state index contributed by atoms with van der Waals surface area (Å²) in [6.45, 7) is 4.77. The van der Waals surface area contributed by atoms with Crippen LogP contribution in [0.1, 0.15) is 48.3 Å². The average molecular weight is 345 g/mol. The molecule has 0 spiro atoms. The lowest BCUT2D eigenvalue weighted by Crippen LogP contribution is -2.40. The Morgan fingerprint density at radius 1 is 1.25 bits per heavy atom. The molecule has 0 bridgehead atoms. The van der Waals surface area contributed by atoms with Crippen LogP contribution >= 0.6 is 0 Å². The molecule has 1 heterocycles. The third-order valence-corrected chi connectivity index (χ3v) is 3.41. The largest absolute Gasteiger partial charge is 0.443 e. The number of carbonyl (C=O) groups is 2. The zero-order valence-electron chi connectivity index (χ0n) is 13.7. The number of benzene rings is 1. The van der Waals surface area contributed by atoms with Gasteiger partial charge in [-0.1, -0.05) is 0 Å². The number of hydrogen-bond acceptors (Lipinski definition) is 4. The van der Waals surface area contributed by atoms with Crippen LogP contribution in [0.25, 0.3) is 0 Å². The molecule has 1 atom stereocenters. The standard InChI is InChI=1S/C16H18F3NO4/c1-15(2,3)24-14(22)20-12(8-23-4)11-7-9(16(17,18)19)5-6-10(11)13(20)21/h5-7,12H,8H2,1-4H3. The summed E-state index contributed by atoms with van der Waals surface area (Å²) in [6.07, 6.45) is -5.46. The Labute approximate surface area is 137 Å². The molecule has 1 aliphatic heterocycles. The summed E-state index contributed by atoms with van der Waals surface area (Å²) in [4.78, 5) is 25.6. The van der Waals surface area contributed by atoms with E-state index in [9.17, 15) is 22.8 Å². The number of fused-ring (bicyclic) bond motifs is 1. The van der Waals surface area contributed by atoms with E-state index in [0.717, 1.165) is 23.1 Å². The molecule has 24 heavy (non-hydrogen) atoms. The molecule has 2 rings (SSSR count). The highest BCUT2D eigenvalue weighted by atomic mass is 19.4. The quantitative estimate of drug-likeness (QED) is 0.818. The highest BCUT2D eigenvalue weighted by molar-refractivity contribution is 6.07. The highest BCUT2D eigenvalue weighted by Gasteiger charge is 2.44. The van der Waals surface area contributed by atoms with Crippen LogP contribution in [-0.2, 0) is 15.7 Å². The van der Waals surface area contributed by atoms with Crippen molar-refractivity contribution in [2.24, 2.45) is 0 Å². The molecule has 132 valence electrons. The Balaban J connectivity index is 2.45. The Kier molecular flexibility index (Phi) is 4.63. The number of amides is 2. The molecule has 5 nitrogen and oxygen atoms in total. The number of halogens is 3. The van der Waals surface area contributed by atoms with Crippen molar-refractivity contribution in [1.82, 2.24) is 4.90 Å². The van der Waals surface area contributed by atoms with E-state index in [1.807, 2.05) is 0 Å². The number of ether oxygens (including phenoxy) is 2. The van der Waals surface area contributed by atoms with Crippen LogP contribution in [0.15, 0.2) is 18.2 Å². The number of methoxy groups -OCH3 is 1. The second-order valence-corrected chi connectivity index (χ2v) is 6.43. The lowest BCUT2D eigenvalue weighted by atomic mass is 10.0. The predicted molar refractivity (Wildman–Crippen MR) is 78.5 cm³/mol. The van der Waals surface area contributed by atoms with Crippen molar-refractivity contribution in [1.29, 1.82) is 0 Å². The fourth-order valence-corrected chi connectivity index (χ4v) is 2.46. The van der Waals surface area contributed by atoms with Gasteiger partial charge in [0.25, 0.3) is 5.91 Å². The Morgan fingerprint density at radius 3 is 2.38 bits per heavy atom. The summed E-state index contributed by atoms with van der Waals surface area (Å²) in [7, 11) is 1.34. The number of hydrogen-bond donors (Lipinski definition) is 0. The first-order chi connectivity index (χ1) is 11.0. The molecule has 8 heteroatoms. The van der Waals surface area contributed by atoms with Gasteiger partial charge in [-0.3, -0.25) is 4.79 Å². The fourth-order valence-electron chi connectivity index (χ4n) is 2.46. The third-order valence-electron chi connectivity index (χ3n) is 3.41. The van der Waals surface area contributed by atoms with Gasteiger partial charge in [0.15, 0.2) is 0 Å². The molecular formula is C16H18F3NO4. The van der Waals surface area contributed by atoms with Gasteiger partial charge >= 0.3 is 12.3 Å². The fraction of sp³-hybridized carbons (Fsp3) is 0.500. The first kappa shape index (κ1) is 18.3. The zero-order chi connectivity index (χ0) is 18.3.